The van der Waals surface area contributed by atoms with Crippen LogP contribution in [0.15, 0.2) is 121 Å². The summed E-state index contributed by atoms with van der Waals surface area (Å²) >= 11 is 0. The molecular formula is C88H118O18. The lowest BCUT2D eigenvalue weighted by molar-refractivity contribution is -0.376. The lowest BCUT2D eigenvalue weighted by Crippen LogP contribution is -2.63. The van der Waals surface area contributed by atoms with Crippen molar-refractivity contribution in [3.63, 3.8) is 0 Å². The van der Waals surface area contributed by atoms with Crippen LogP contribution in [0, 0.1) is 93.7 Å². The third-order valence-electron chi connectivity index (χ3n) is 27.5. The molecule has 4 aromatic carbocycles. The molecule has 106 heavy (non-hydrogen) atoms. The fourth-order valence-electron chi connectivity index (χ4n) is 20.2. The number of carbonyl (C=O) groups is 6. The SMILES string of the molecule is CCC1O[C@@H](O[C@@H]2C(COC(=O)c3ccccc3)O[C@@H](OC3CCC4(C)C(CCC5C4CCC4(C)C5CC(=O)C4[C@H](C)C(=O)CC[C@H](C)CO[C@@H]4OC(CC)[C@H](C)[C@H](C)C4OC(=O)c4ccccc4)C3)C(O[C@@H]3OC(C)[C@H](C)[C@H](OC(=O)c4ccccc4)C3OC(=O)c3ccccc3)[C@H]2C)C(C)[C@@H](C)[C@@H]1C. The van der Waals surface area contributed by atoms with Gasteiger partial charge in [0, 0.05) is 48.3 Å². The number of Topliss-reactive ketones (excluding diaryl/α,β-unsaturated/α-hetero) is 2. The van der Waals surface area contributed by atoms with Crippen LogP contribution < -0.4 is 0 Å². The third kappa shape index (κ3) is 16.8. The minimum Gasteiger partial charge on any atom is -0.459 e. The van der Waals surface area contributed by atoms with Crippen molar-refractivity contribution in [2.75, 3.05) is 13.2 Å². The Balaban J connectivity index is 0.760. The number of rotatable bonds is 25. The van der Waals surface area contributed by atoms with E-state index in [2.05, 4.69) is 69.2 Å². The number of benzene rings is 4. The molecule has 16 unspecified atom stereocenters. The van der Waals surface area contributed by atoms with Gasteiger partial charge in [0.05, 0.1) is 59.4 Å². The van der Waals surface area contributed by atoms with Crippen LogP contribution in [0.2, 0.25) is 0 Å². The second-order valence-electron chi connectivity index (χ2n) is 33.7. The molecule has 12 rings (SSSR count). The van der Waals surface area contributed by atoms with Crippen molar-refractivity contribution in [2.45, 2.75) is 260 Å². The number of esters is 4. The number of carbonyl (C=O) groups excluding carboxylic acids is 6. The van der Waals surface area contributed by atoms with E-state index in [-0.39, 0.29) is 101 Å². The zero-order valence-electron chi connectivity index (χ0n) is 65.0. The highest BCUT2D eigenvalue weighted by Crippen LogP contribution is 2.68. The van der Waals surface area contributed by atoms with E-state index in [1.165, 1.54) is 0 Å². The number of hydrogen-bond acceptors (Lipinski definition) is 18. The van der Waals surface area contributed by atoms with Gasteiger partial charge in [-0.3, -0.25) is 9.59 Å². The average Bonchev–Trinajstić information content (AvgIpc) is 1.48. The summed E-state index contributed by atoms with van der Waals surface area (Å²) in [6.45, 7) is 29.9. The average molecular weight is 1460 g/mol. The Kier molecular flexibility index (Phi) is 25.7. The number of fused-ring (bicyclic) bond motifs is 5. The van der Waals surface area contributed by atoms with E-state index in [1.54, 1.807) is 84.9 Å². The molecule has 0 spiro atoms. The van der Waals surface area contributed by atoms with Crippen LogP contribution in [0.1, 0.15) is 215 Å². The van der Waals surface area contributed by atoms with Gasteiger partial charge in [-0.15, -0.1) is 0 Å². The van der Waals surface area contributed by atoms with E-state index in [0.717, 1.165) is 51.4 Å². The molecule has 0 bridgehead atoms. The van der Waals surface area contributed by atoms with E-state index >= 15 is 0 Å². The van der Waals surface area contributed by atoms with Crippen LogP contribution >= 0.6 is 0 Å². The van der Waals surface area contributed by atoms with Crippen molar-refractivity contribution >= 4 is 35.4 Å². The van der Waals surface area contributed by atoms with Gasteiger partial charge in [-0.2, -0.15) is 0 Å². The van der Waals surface area contributed by atoms with Crippen LogP contribution in [0.3, 0.4) is 0 Å². The largest absolute Gasteiger partial charge is 0.459 e. The summed E-state index contributed by atoms with van der Waals surface area (Å²) in [6.07, 6.45) is -1.35. The summed E-state index contributed by atoms with van der Waals surface area (Å²) in [7, 11) is 0. The van der Waals surface area contributed by atoms with Crippen LogP contribution in [0.25, 0.3) is 0 Å². The molecule has 0 aromatic heterocycles. The molecule has 4 heterocycles. The van der Waals surface area contributed by atoms with Crippen LogP contribution in [0.4, 0.5) is 0 Å². The highest BCUT2D eigenvalue weighted by molar-refractivity contribution is 5.93. The monoisotopic (exact) mass is 1460 g/mol. The predicted octanol–water partition coefficient (Wildman–Crippen LogP) is 16.3. The van der Waals surface area contributed by atoms with Crippen molar-refractivity contribution < 1.29 is 85.6 Å². The fraction of sp³-hybridized carbons (Fsp3) is 0.659. The summed E-state index contributed by atoms with van der Waals surface area (Å²) in [5, 5.41) is 0. The fourth-order valence-corrected chi connectivity index (χ4v) is 20.2. The Morgan fingerprint density at radius 1 is 0.481 bits per heavy atom. The minimum absolute atomic E-state index is 0.000237. The van der Waals surface area contributed by atoms with E-state index in [9.17, 15) is 28.8 Å². The summed E-state index contributed by atoms with van der Waals surface area (Å²) < 4.78 is 81.4. The molecular weight excluding hydrogens is 1340 g/mol. The Hall–Kier alpha value is -6.22. The van der Waals surface area contributed by atoms with E-state index in [4.69, 9.17) is 56.8 Å². The molecule has 4 aromatic rings. The van der Waals surface area contributed by atoms with Gasteiger partial charge in [0.1, 0.15) is 36.5 Å². The molecule has 4 aliphatic heterocycles. The Bertz CT molecular complexity index is 3590. The molecule has 0 radical (unpaired) electrons. The van der Waals surface area contributed by atoms with E-state index < -0.39 is 110 Å². The predicted molar refractivity (Wildman–Crippen MR) is 397 cm³/mol. The Morgan fingerprint density at radius 3 is 1.58 bits per heavy atom. The highest BCUT2D eigenvalue weighted by atomic mass is 16.8. The lowest BCUT2D eigenvalue weighted by atomic mass is 9.44. The van der Waals surface area contributed by atoms with E-state index in [0.29, 0.717) is 66.4 Å². The van der Waals surface area contributed by atoms with Crippen LogP contribution in [0.5, 0.6) is 0 Å². The molecule has 0 N–H and O–H groups in total. The molecule has 4 saturated carbocycles. The first-order valence-electron chi connectivity index (χ1n) is 40.1. The van der Waals surface area contributed by atoms with Gasteiger partial charge >= 0.3 is 23.9 Å². The maximum absolute atomic E-state index is 14.7. The van der Waals surface area contributed by atoms with Gasteiger partial charge in [0.25, 0.3) is 0 Å². The Morgan fingerprint density at radius 2 is 0.991 bits per heavy atom. The molecule has 4 aliphatic carbocycles. The van der Waals surface area contributed by atoms with Crippen molar-refractivity contribution in [2.24, 2.45) is 93.7 Å². The lowest BCUT2D eigenvalue weighted by Gasteiger charge is -2.61. The zero-order chi connectivity index (χ0) is 75.5. The standard InChI is InChI=1S/C88H118O18/c1-15-70-51(5)50(4)54(8)83(99-70)105-74-57(11)77(106-86-78(104-82(94)62-35-27-20-28-36-62)75(55(9)58(12)97-86)102-80(92)60-31-23-18-24-32-60)85(101-72(74)48-95-79(91)59-29-21-17-22-30-59)98-64-41-43-87(13)63(45-64)38-39-65-66(87)42-44-88(14)67(65)46-69(90)73(88)56(10)68(89)40-37-49(3)47-96-84-76(53(7)52(6)71(16-2)100-84)103-81(93)61-33-25-19-26-34-61/h17-36,49-58,63-67,70-78,83-86H,15-16,37-48H2,1-14H3/t49-,50-,51-,52+,53-,54?,55-,56+,57-,58?,63?,64?,65?,66?,67?,70?,71?,72?,73?,74-,75-,76?,77?,78?,83-,84+,85+,86-,87?,88?/m0/s1. The molecule has 8 aliphatic rings. The van der Waals surface area contributed by atoms with Crippen molar-refractivity contribution in [3.8, 4) is 0 Å². The van der Waals surface area contributed by atoms with E-state index in [1.807, 2.05) is 64.1 Å². The van der Waals surface area contributed by atoms with Gasteiger partial charge in [-0.05, 0) is 178 Å². The first-order valence-corrected chi connectivity index (χ1v) is 40.1. The number of hydrogen-bond donors (Lipinski definition) is 0. The van der Waals surface area contributed by atoms with Crippen LogP contribution in [-0.4, -0.2) is 135 Å². The third-order valence-corrected chi connectivity index (χ3v) is 27.5. The molecule has 18 nitrogen and oxygen atoms in total. The molecule has 578 valence electrons. The first kappa shape index (κ1) is 79.3. The van der Waals surface area contributed by atoms with Crippen LogP contribution in [-0.2, 0) is 66.4 Å². The zero-order valence-corrected chi connectivity index (χ0v) is 65.0. The van der Waals surface area contributed by atoms with Crippen molar-refractivity contribution in [1.82, 2.24) is 0 Å². The van der Waals surface area contributed by atoms with Crippen molar-refractivity contribution in [1.29, 1.82) is 0 Å². The quantitative estimate of drug-likeness (QED) is 0.0343. The highest BCUT2D eigenvalue weighted by Gasteiger charge is 2.64. The molecule has 30 atom stereocenters. The molecule has 18 heteroatoms. The normalized spacial score (nSPS) is 39.2. The number of ether oxygens (including phenoxy) is 12. The second kappa shape index (κ2) is 34.4. The molecule has 0 amide bonds. The smallest absolute Gasteiger partial charge is 0.338 e. The van der Waals surface area contributed by atoms with Gasteiger partial charge in [-0.1, -0.05) is 163 Å². The summed E-state index contributed by atoms with van der Waals surface area (Å²) in [4.78, 5) is 85.2. The van der Waals surface area contributed by atoms with Crippen molar-refractivity contribution in [3.05, 3.63) is 144 Å². The topological polar surface area (TPSA) is 213 Å². The summed E-state index contributed by atoms with van der Waals surface area (Å²) in [5.74, 6) is -1.93. The maximum atomic E-state index is 14.7. The van der Waals surface area contributed by atoms with Gasteiger partial charge < -0.3 is 56.8 Å². The molecule has 4 saturated heterocycles. The van der Waals surface area contributed by atoms with Gasteiger partial charge in [0.2, 0.25) is 0 Å². The first-order chi connectivity index (χ1) is 50.8. The van der Waals surface area contributed by atoms with Gasteiger partial charge in [0.15, 0.2) is 37.4 Å². The summed E-state index contributed by atoms with van der Waals surface area (Å²) in [5.41, 5.74) is 1.12. The van der Waals surface area contributed by atoms with Gasteiger partial charge in [-0.25, -0.2) is 19.2 Å². The maximum Gasteiger partial charge on any atom is 0.338 e. The summed E-state index contributed by atoms with van der Waals surface area (Å²) in [6, 6.07) is 35.2. The second-order valence-corrected chi connectivity index (χ2v) is 33.7. The Labute approximate surface area is 628 Å². The number of ketones is 2. The minimum atomic E-state index is -1.32. The molecule has 8 fully saturated rings.